The molecule has 0 radical (unpaired) electrons. The van der Waals surface area contributed by atoms with Gasteiger partial charge in [-0.1, -0.05) is 23.7 Å². The van der Waals surface area contributed by atoms with Crippen molar-refractivity contribution in [2.45, 2.75) is 5.92 Å². The van der Waals surface area contributed by atoms with Crippen LogP contribution in [0.25, 0.3) is 0 Å². The van der Waals surface area contributed by atoms with Gasteiger partial charge in [-0.3, -0.25) is 4.79 Å². The van der Waals surface area contributed by atoms with Crippen molar-refractivity contribution in [3.05, 3.63) is 34.9 Å². The van der Waals surface area contributed by atoms with E-state index in [-0.39, 0.29) is 11.6 Å². The summed E-state index contributed by atoms with van der Waals surface area (Å²) < 4.78 is 27.9. The van der Waals surface area contributed by atoms with E-state index in [1.165, 1.54) is 25.2 Å². The number of nitrogens with one attached hydrogen (secondary N) is 1. The molecule has 0 aliphatic carbocycles. The van der Waals surface area contributed by atoms with Gasteiger partial charge in [0.1, 0.15) is 0 Å². The summed E-state index contributed by atoms with van der Waals surface area (Å²) in [7, 11) is 3.03. The van der Waals surface area contributed by atoms with E-state index in [2.05, 4.69) is 5.32 Å². The maximum absolute atomic E-state index is 13.9. The third kappa shape index (κ3) is 3.40. The monoisotopic (exact) mass is 276 g/mol. The summed E-state index contributed by atoms with van der Waals surface area (Å²) in [6, 6.07) is 5.17. The fraction of sp³-hybridized carbons (Fsp3) is 0.417. The van der Waals surface area contributed by atoms with Gasteiger partial charge in [-0.05, 0) is 19.2 Å². The van der Waals surface area contributed by atoms with Crippen molar-refractivity contribution in [2.24, 2.45) is 0 Å². The number of alkyl halides is 2. The smallest absolute Gasteiger partial charge is 0.339 e. The molecule has 3 nitrogen and oxygen atoms in total. The Morgan fingerprint density at radius 1 is 1.50 bits per heavy atom. The summed E-state index contributed by atoms with van der Waals surface area (Å²) in [6.07, 6.45) is 0. The van der Waals surface area contributed by atoms with Crippen LogP contribution in [0, 0.1) is 0 Å². The highest BCUT2D eigenvalue weighted by Gasteiger charge is 2.42. The first-order chi connectivity index (χ1) is 8.39. The minimum Gasteiger partial charge on any atom is -0.339 e. The van der Waals surface area contributed by atoms with Gasteiger partial charge in [-0.25, -0.2) is 0 Å². The minimum absolute atomic E-state index is 0.179. The van der Waals surface area contributed by atoms with Crippen molar-refractivity contribution in [1.82, 2.24) is 10.2 Å². The van der Waals surface area contributed by atoms with Gasteiger partial charge >= 0.3 is 5.92 Å². The molecule has 0 heterocycles. The standard InChI is InChI=1S/C12H15ClF2N2O/c1-16-6-7-17(2)11(18)12(14,15)9-4-3-5-10(13)8-9/h3-5,8,16H,6-7H2,1-2H3. The fourth-order valence-corrected chi connectivity index (χ4v) is 1.62. The predicted molar refractivity (Wildman–Crippen MR) is 66.9 cm³/mol. The van der Waals surface area contributed by atoms with Crippen LogP contribution in [0.4, 0.5) is 8.78 Å². The summed E-state index contributed by atoms with van der Waals surface area (Å²) in [5.41, 5.74) is -0.392. The fourth-order valence-electron chi connectivity index (χ4n) is 1.43. The number of hydrogen-bond acceptors (Lipinski definition) is 2. The van der Waals surface area contributed by atoms with E-state index in [9.17, 15) is 13.6 Å². The zero-order chi connectivity index (χ0) is 13.8. The van der Waals surface area contributed by atoms with Crippen molar-refractivity contribution in [1.29, 1.82) is 0 Å². The first-order valence-corrected chi connectivity index (χ1v) is 5.81. The largest absolute Gasteiger partial charge is 0.350 e. The number of carbonyl (C=O) groups is 1. The summed E-state index contributed by atoms with van der Waals surface area (Å²) in [6.45, 7) is 0.666. The highest BCUT2D eigenvalue weighted by molar-refractivity contribution is 6.30. The maximum atomic E-state index is 13.9. The average Bonchev–Trinajstić information content (AvgIpc) is 2.34. The SMILES string of the molecule is CNCCN(C)C(=O)C(F)(F)c1cccc(Cl)c1. The normalized spacial score (nSPS) is 11.4. The Morgan fingerprint density at radius 2 is 2.17 bits per heavy atom. The molecule has 0 atom stereocenters. The van der Waals surface area contributed by atoms with Gasteiger partial charge in [0.25, 0.3) is 5.91 Å². The van der Waals surface area contributed by atoms with Crippen molar-refractivity contribution in [3.63, 3.8) is 0 Å². The Balaban J connectivity index is 2.88. The third-order valence-electron chi connectivity index (χ3n) is 2.50. The van der Waals surface area contributed by atoms with Crippen LogP contribution >= 0.6 is 11.6 Å². The van der Waals surface area contributed by atoms with E-state index in [1.54, 1.807) is 7.05 Å². The lowest BCUT2D eigenvalue weighted by Gasteiger charge is -2.23. The molecule has 0 unspecified atom stereocenters. The molecule has 1 amide bonds. The summed E-state index contributed by atoms with van der Waals surface area (Å²) in [4.78, 5) is 12.7. The van der Waals surface area contributed by atoms with Crippen molar-refractivity contribution in [3.8, 4) is 0 Å². The van der Waals surface area contributed by atoms with E-state index in [4.69, 9.17) is 11.6 Å². The lowest BCUT2D eigenvalue weighted by molar-refractivity contribution is -0.157. The number of nitrogens with zero attached hydrogens (tertiary/aromatic N) is 1. The molecule has 0 fully saturated rings. The van der Waals surface area contributed by atoms with E-state index in [0.717, 1.165) is 11.0 Å². The second-order valence-corrected chi connectivity index (χ2v) is 4.35. The van der Waals surface area contributed by atoms with Crippen molar-refractivity contribution in [2.75, 3.05) is 27.2 Å². The highest BCUT2D eigenvalue weighted by atomic mass is 35.5. The molecular formula is C12H15ClF2N2O. The first kappa shape index (κ1) is 14.9. The van der Waals surface area contributed by atoms with Gasteiger partial charge < -0.3 is 10.2 Å². The third-order valence-corrected chi connectivity index (χ3v) is 2.73. The quantitative estimate of drug-likeness (QED) is 0.893. The second-order valence-electron chi connectivity index (χ2n) is 3.92. The van der Waals surface area contributed by atoms with Crippen LogP contribution in [0.5, 0.6) is 0 Å². The van der Waals surface area contributed by atoms with Crippen LogP contribution in [0.3, 0.4) is 0 Å². The van der Waals surface area contributed by atoms with Crippen molar-refractivity contribution >= 4 is 17.5 Å². The van der Waals surface area contributed by atoms with Crippen LogP contribution < -0.4 is 5.32 Å². The lowest BCUT2D eigenvalue weighted by Crippen LogP contribution is -2.42. The van der Waals surface area contributed by atoms with Gasteiger partial charge in [0.15, 0.2) is 0 Å². The highest BCUT2D eigenvalue weighted by Crippen LogP contribution is 2.31. The summed E-state index contributed by atoms with van der Waals surface area (Å²) >= 11 is 5.65. The number of benzene rings is 1. The topological polar surface area (TPSA) is 32.3 Å². The molecule has 0 aliphatic rings. The molecular weight excluding hydrogens is 262 g/mol. The van der Waals surface area contributed by atoms with Gasteiger partial charge in [0.05, 0.1) is 0 Å². The number of rotatable bonds is 5. The zero-order valence-corrected chi connectivity index (χ0v) is 11.0. The number of halogens is 3. The Kier molecular flexibility index (Phi) is 5.04. The van der Waals surface area contributed by atoms with E-state index in [0.29, 0.717) is 6.54 Å². The van der Waals surface area contributed by atoms with Crippen LogP contribution in [0.15, 0.2) is 24.3 Å². The molecule has 0 aliphatic heterocycles. The Bertz CT molecular complexity index is 426. The average molecular weight is 277 g/mol. The molecule has 0 saturated carbocycles. The molecule has 0 aromatic heterocycles. The molecule has 1 aromatic carbocycles. The van der Waals surface area contributed by atoms with Gasteiger partial charge in [-0.15, -0.1) is 0 Å². The van der Waals surface area contributed by atoms with Crippen LogP contribution in [-0.4, -0.2) is 38.0 Å². The second kappa shape index (κ2) is 6.11. The lowest BCUT2D eigenvalue weighted by atomic mass is 10.1. The Hall–Kier alpha value is -1.20. The van der Waals surface area contributed by atoms with Gasteiger partial charge in [0.2, 0.25) is 0 Å². The molecule has 6 heteroatoms. The maximum Gasteiger partial charge on any atom is 0.350 e. The zero-order valence-electron chi connectivity index (χ0n) is 10.2. The summed E-state index contributed by atoms with van der Waals surface area (Å²) in [5.74, 6) is -4.80. The molecule has 100 valence electrons. The predicted octanol–water partition coefficient (Wildman–Crippen LogP) is 2.11. The van der Waals surface area contributed by atoms with Crippen LogP contribution in [0.2, 0.25) is 5.02 Å². The Morgan fingerprint density at radius 3 is 2.72 bits per heavy atom. The van der Waals surface area contributed by atoms with Gasteiger partial charge in [-0.2, -0.15) is 8.78 Å². The van der Waals surface area contributed by atoms with Crippen molar-refractivity contribution < 1.29 is 13.6 Å². The van der Waals surface area contributed by atoms with Gasteiger partial charge in [0, 0.05) is 30.7 Å². The molecule has 0 bridgehead atoms. The molecule has 0 spiro atoms. The number of likely N-dealkylation sites (N-methyl/N-ethyl adjacent to an activating group) is 2. The van der Waals surface area contributed by atoms with Crippen LogP contribution in [0.1, 0.15) is 5.56 Å². The number of amides is 1. The molecule has 1 aromatic rings. The van der Waals surface area contributed by atoms with E-state index in [1.807, 2.05) is 0 Å². The Labute approximate surface area is 110 Å². The van der Waals surface area contributed by atoms with E-state index < -0.39 is 17.4 Å². The summed E-state index contributed by atoms with van der Waals surface area (Å²) in [5, 5.41) is 2.97. The molecule has 18 heavy (non-hydrogen) atoms. The van der Waals surface area contributed by atoms with Crippen LogP contribution in [-0.2, 0) is 10.7 Å². The molecule has 0 saturated heterocycles. The number of carbonyl (C=O) groups excluding carboxylic acids is 1. The van der Waals surface area contributed by atoms with E-state index >= 15 is 0 Å². The first-order valence-electron chi connectivity index (χ1n) is 5.43. The number of hydrogen-bond donors (Lipinski definition) is 1. The molecule has 1 rings (SSSR count). The molecule has 1 N–H and O–H groups in total. The minimum atomic E-state index is -3.56.